The number of aromatic hydroxyl groups is 1. The molecule has 0 aliphatic carbocycles. The van der Waals surface area contributed by atoms with Gasteiger partial charge >= 0.3 is 5.97 Å². The summed E-state index contributed by atoms with van der Waals surface area (Å²) < 4.78 is 4.93. The number of hydrogen-bond acceptors (Lipinski definition) is 4. The number of halogens is 1. The molecule has 1 aromatic carbocycles. The highest BCUT2D eigenvalue weighted by Gasteiger charge is 2.26. The lowest BCUT2D eigenvalue weighted by atomic mass is 9.93. The summed E-state index contributed by atoms with van der Waals surface area (Å²) in [6.07, 6.45) is 0. The van der Waals surface area contributed by atoms with Gasteiger partial charge in [0, 0.05) is 12.1 Å². The smallest absolute Gasteiger partial charge is 0.312 e. The van der Waals surface area contributed by atoms with Crippen molar-refractivity contribution in [3.8, 4) is 11.5 Å². The Balaban J connectivity index is 3.47. The Hall–Kier alpha value is -1.46. The number of benzene rings is 1. The van der Waals surface area contributed by atoms with Gasteiger partial charge in [-0.3, -0.25) is 4.79 Å². The van der Waals surface area contributed by atoms with E-state index in [1.165, 1.54) is 7.11 Å². The molecule has 1 rings (SSSR count). The van der Waals surface area contributed by atoms with Crippen LogP contribution in [0.5, 0.6) is 11.5 Å². The Kier molecular flexibility index (Phi) is 4.20. The molecule has 0 aromatic heterocycles. The maximum atomic E-state index is 11.1. The van der Waals surface area contributed by atoms with Gasteiger partial charge in [-0.25, -0.2) is 0 Å². The zero-order valence-electron chi connectivity index (χ0n) is 9.53. The molecule has 0 saturated heterocycles. The molecule has 0 radical (unpaired) electrons. The quantitative estimate of drug-likeness (QED) is 0.762. The van der Waals surface area contributed by atoms with Crippen LogP contribution in [-0.2, 0) is 4.79 Å². The monoisotopic (exact) mass is 259 g/mol. The molecule has 5 nitrogen and oxygen atoms in total. The molecule has 0 heterocycles. The van der Waals surface area contributed by atoms with Gasteiger partial charge in [0.1, 0.15) is 0 Å². The lowest BCUT2D eigenvalue weighted by Gasteiger charge is -2.18. The van der Waals surface area contributed by atoms with Crippen LogP contribution in [0.2, 0.25) is 5.02 Å². The van der Waals surface area contributed by atoms with E-state index in [9.17, 15) is 9.90 Å². The minimum absolute atomic E-state index is 0.0620. The molecule has 4 N–H and O–H groups in total. The third-order valence-electron chi connectivity index (χ3n) is 2.54. The van der Waals surface area contributed by atoms with Crippen molar-refractivity contribution >= 4 is 17.6 Å². The van der Waals surface area contributed by atoms with Crippen molar-refractivity contribution in [1.82, 2.24) is 0 Å². The normalized spacial score (nSPS) is 12.2. The SMILES string of the molecule is COc1c(Cl)cc(C)c(C(CN)C(=O)O)c1O. The predicted octanol–water partition coefficient (Wildman–Crippen LogP) is 1.49. The molecule has 6 heteroatoms. The number of carbonyl (C=O) groups is 1. The Morgan fingerprint density at radius 1 is 1.65 bits per heavy atom. The number of carboxylic acids is 1. The summed E-state index contributed by atoms with van der Waals surface area (Å²) in [7, 11) is 1.35. The van der Waals surface area contributed by atoms with Crippen LogP contribution in [0.15, 0.2) is 6.07 Å². The van der Waals surface area contributed by atoms with Crippen LogP contribution in [-0.4, -0.2) is 29.8 Å². The summed E-state index contributed by atoms with van der Waals surface area (Å²) in [5.41, 5.74) is 6.21. The summed E-state index contributed by atoms with van der Waals surface area (Å²) in [5, 5.41) is 19.2. The zero-order chi connectivity index (χ0) is 13.2. The van der Waals surface area contributed by atoms with E-state index in [4.69, 9.17) is 27.2 Å². The molecular formula is C11H14ClNO4. The molecule has 0 fully saturated rings. The fourth-order valence-corrected chi connectivity index (χ4v) is 2.06. The standard InChI is InChI=1S/C11H14ClNO4/c1-5-3-7(12)10(17-2)9(14)8(5)6(4-13)11(15)16/h3,6,14H,4,13H2,1-2H3,(H,15,16). The van der Waals surface area contributed by atoms with E-state index in [-0.39, 0.29) is 28.6 Å². The Labute approximate surface area is 104 Å². The maximum Gasteiger partial charge on any atom is 0.312 e. The number of nitrogens with two attached hydrogens (primary N) is 1. The number of phenolic OH excluding ortho intramolecular Hbond substituents is 1. The molecule has 0 bridgehead atoms. The third-order valence-corrected chi connectivity index (χ3v) is 2.82. The molecule has 0 aliphatic heterocycles. The van der Waals surface area contributed by atoms with Crippen LogP contribution in [0.1, 0.15) is 17.0 Å². The van der Waals surface area contributed by atoms with E-state index in [1.54, 1.807) is 13.0 Å². The largest absolute Gasteiger partial charge is 0.504 e. The topological polar surface area (TPSA) is 92.8 Å². The number of hydrogen-bond donors (Lipinski definition) is 3. The van der Waals surface area contributed by atoms with Crippen LogP contribution in [0.3, 0.4) is 0 Å². The lowest BCUT2D eigenvalue weighted by Crippen LogP contribution is -2.22. The average Bonchev–Trinajstić information content (AvgIpc) is 2.23. The summed E-state index contributed by atoms with van der Waals surface area (Å²) >= 11 is 5.87. The molecular weight excluding hydrogens is 246 g/mol. The van der Waals surface area contributed by atoms with Crippen molar-refractivity contribution in [3.05, 3.63) is 22.2 Å². The summed E-state index contributed by atoms with van der Waals surface area (Å²) in [6.45, 7) is 1.54. The van der Waals surface area contributed by atoms with Gasteiger partial charge in [0.15, 0.2) is 11.5 Å². The molecule has 0 amide bonds. The van der Waals surface area contributed by atoms with Gasteiger partial charge in [-0.15, -0.1) is 0 Å². The van der Waals surface area contributed by atoms with Crippen LogP contribution in [0, 0.1) is 6.92 Å². The number of rotatable bonds is 4. The van der Waals surface area contributed by atoms with E-state index < -0.39 is 11.9 Å². The second kappa shape index (κ2) is 5.25. The number of carboxylic acid groups (broad SMARTS) is 1. The third kappa shape index (κ3) is 2.45. The van der Waals surface area contributed by atoms with Gasteiger partial charge in [-0.2, -0.15) is 0 Å². The minimum Gasteiger partial charge on any atom is -0.504 e. The van der Waals surface area contributed by atoms with Gasteiger partial charge in [0.2, 0.25) is 0 Å². The fourth-order valence-electron chi connectivity index (χ4n) is 1.73. The van der Waals surface area contributed by atoms with Gasteiger partial charge in [0.05, 0.1) is 18.1 Å². The first-order valence-electron chi connectivity index (χ1n) is 4.92. The van der Waals surface area contributed by atoms with Crippen molar-refractivity contribution in [2.45, 2.75) is 12.8 Å². The van der Waals surface area contributed by atoms with Crippen molar-refractivity contribution in [2.24, 2.45) is 5.73 Å². The van der Waals surface area contributed by atoms with Crippen LogP contribution < -0.4 is 10.5 Å². The van der Waals surface area contributed by atoms with Crippen LogP contribution in [0.25, 0.3) is 0 Å². The molecule has 0 spiro atoms. The van der Waals surface area contributed by atoms with E-state index in [0.717, 1.165) is 0 Å². The van der Waals surface area contributed by atoms with Crippen LogP contribution >= 0.6 is 11.6 Å². The van der Waals surface area contributed by atoms with E-state index in [1.807, 2.05) is 0 Å². The fraction of sp³-hybridized carbons (Fsp3) is 0.364. The molecule has 1 atom stereocenters. The second-order valence-electron chi connectivity index (χ2n) is 3.60. The Bertz CT molecular complexity index is 448. The van der Waals surface area contributed by atoms with Crippen molar-refractivity contribution < 1.29 is 19.7 Å². The summed E-state index contributed by atoms with van der Waals surface area (Å²) in [6, 6.07) is 1.54. The Morgan fingerprint density at radius 2 is 2.24 bits per heavy atom. The lowest BCUT2D eigenvalue weighted by molar-refractivity contribution is -0.138. The number of ether oxygens (including phenoxy) is 1. The van der Waals surface area contributed by atoms with E-state index >= 15 is 0 Å². The van der Waals surface area contributed by atoms with Gasteiger partial charge in [-0.05, 0) is 18.6 Å². The minimum atomic E-state index is -1.10. The first-order valence-corrected chi connectivity index (χ1v) is 5.30. The number of aliphatic carboxylic acids is 1. The molecule has 94 valence electrons. The van der Waals surface area contributed by atoms with Gasteiger partial charge in [-0.1, -0.05) is 11.6 Å². The highest BCUT2D eigenvalue weighted by atomic mass is 35.5. The summed E-state index contributed by atoms with van der Waals surface area (Å²) in [4.78, 5) is 11.1. The first-order chi connectivity index (χ1) is 7.93. The number of phenols is 1. The van der Waals surface area contributed by atoms with Crippen LogP contribution in [0.4, 0.5) is 0 Å². The first kappa shape index (κ1) is 13.6. The van der Waals surface area contributed by atoms with E-state index in [0.29, 0.717) is 5.56 Å². The molecule has 0 saturated carbocycles. The van der Waals surface area contributed by atoms with Crippen molar-refractivity contribution in [2.75, 3.05) is 13.7 Å². The number of methoxy groups -OCH3 is 1. The molecule has 1 unspecified atom stereocenters. The Morgan fingerprint density at radius 3 is 2.65 bits per heavy atom. The highest BCUT2D eigenvalue weighted by molar-refractivity contribution is 6.32. The second-order valence-corrected chi connectivity index (χ2v) is 4.00. The number of aryl methyl sites for hydroxylation is 1. The maximum absolute atomic E-state index is 11.1. The molecule has 17 heavy (non-hydrogen) atoms. The van der Waals surface area contributed by atoms with Gasteiger partial charge in [0.25, 0.3) is 0 Å². The predicted molar refractivity (Wildman–Crippen MR) is 63.8 cm³/mol. The van der Waals surface area contributed by atoms with Crippen molar-refractivity contribution in [1.29, 1.82) is 0 Å². The molecule has 0 aliphatic rings. The highest BCUT2D eigenvalue weighted by Crippen LogP contribution is 2.42. The van der Waals surface area contributed by atoms with Gasteiger partial charge < -0.3 is 20.7 Å². The zero-order valence-corrected chi connectivity index (χ0v) is 10.3. The summed E-state index contributed by atoms with van der Waals surface area (Å²) in [5.74, 6) is -2.29. The average molecular weight is 260 g/mol. The van der Waals surface area contributed by atoms with Crippen molar-refractivity contribution in [3.63, 3.8) is 0 Å². The van der Waals surface area contributed by atoms with E-state index in [2.05, 4.69) is 0 Å². The molecule has 1 aromatic rings.